The Hall–Kier alpha value is -2.34. The number of amides is 1. The van der Waals surface area contributed by atoms with Gasteiger partial charge in [0.2, 0.25) is 0 Å². The Morgan fingerprint density at radius 3 is 2.56 bits per heavy atom. The van der Waals surface area contributed by atoms with E-state index >= 15 is 0 Å². The van der Waals surface area contributed by atoms with Crippen molar-refractivity contribution in [2.24, 2.45) is 0 Å². The number of nitrogens with zero attached hydrogens (tertiary/aromatic N) is 2. The average molecular weight is 372 g/mol. The lowest BCUT2D eigenvalue weighted by molar-refractivity contribution is 0.0424. The number of likely N-dealkylation sites (tertiary alicyclic amines) is 1. The molecule has 0 aliphatic carbocycles. The molecule has 1 aliphatic heterocycles. The summed E-state index contributed by atoms with van der Waals surface area (Å²) in [5.41, 5.74) is 0.990. The normalized spacial score (nSPS) is 16.6. The van der Waals surface area contributed by atoms with E-state index in [4.69, 9.17) is 4.42 Å². The monoisotopic (exact) mass is 372 g/mol. The second-order valence-corrected chi connectivity index (χ2v) is 8.24. The predicted octanol–water partition coefficient (Wildman–Crippen LogP) is 3.58. The van der Waals surface area contributed by atoms with Gasteiger partial charge in [-0.1, -0.05) is 18.2 Å². The zero-order valence-corrected chi connectivity index (χ0v) is 16.3. The molecule has 0 unspecified atom stereocenters. The first-order valence-corrected chi connectivity index (χ1v) is 9.52. The van der Waals surface area contributed by atoms with Crippen LogP contribution in [-0.2, 0) is 6.42 Å². The standard InChI is InChI=1S/C21H28N2O4/c1-21(2,3)23(20(25)26)17-10-13-22(14-11-17)12-9-16-6-4-5-15-7-8-18(24)27-19(15)16/h4-8,17H,9-14H2,1-3H3,(H,25,26). The van der Waals surface area contributed by atoms with E-state index in [0.29, 0.717) is 5.58 Å². The molecule has 0 spiro atoms. The van der Waals surface area contributed by atoms with Crippen molar-refractivity contribution in [3.63, 3.8) is 0 Å². The van der Waals surface area contributed by atoms with Gasteiger partial charge in [0.05, 0.1) is 0 Å². The summed E-state index contributed by atoms with van der Waals surface area (Å²) >= 11 is 0. The van der Waals surface area contributed by atoms with Crippen LogP contribution in [0.1, 0.15) is 39.2 Å². The topological polar surface area (TPSA) is 74.0 Å². The smallest absolute Gasteiger partial charge is 0.407 e. The Labute approximate surface area is 159 Å². The van der Waals surface area contributed by atoms with Gasteiger partial charge in [-0.3, -0.25) is 0 Å². The van der Waals surface area contributed by atoms with Crippen molar-refractivity contribution in [1.29, 1.82) is 0 Å². The van der Waals surface area contributed by atoms with Gasteiger partial charge in [0, 0.05) is 42.7 Å². The summed E-state index contributed by atoms with van der Waals surface area (Å²) in [5, 5.41) is 10.5. The Morgan fingerprint density at radius 2 is 1.93 bits per heavy atom. The van der Waals surface area contributed by atoms with Crippen molar-refractivity contribution in [3.8, 4) is 0 Å². The SMILES string of the molecule is CC(C)(C)N(C(=O)O)C1CCN(CCc2cccc3ccc(=O)oc23)CC1. The molecule has 6 nitrogen and oxygen atoms in total. The second-order valence-electron chi connectivity index (χ2n) is 8.24. The Balaban J connectivity index is 1.61. The van der Waals surface area contributed by atoms with Gasteiger partial charge in [0.1, 0.15) is 5.58 Å². The summed E-state index contributed by atoms with van der Waals surface area (Å²) in [6.45, 7) is 8.46. The lowest BCUT2D eigenvalue weighted by Crippen LogP contribution is -2.54. The maximum Gasteiger partial charge on any atom is 0.407 e. The van der Waals surface area contributed by atoms with Gasteiger partial charge in [-0.05, 0) is 51.7 Å². The maximum absolute atomic E-state index is 11.7. The first-order valence-electron chi connectivity index (χ1n) is 9.52. The van der Waals surface area contributed by atoms with E-state index in [1.165, 1.54) is 6.07 Å². The third-order valence-electron chi connectivity index (χ3n) is 5.28. The van der Waals surface area contributed by atoms with Crippen LogP contribution in [0.4, 0.5) is 4.79 Å². The molecule has 1 aromatic heterocycles. The van der Waals surface area contributed by atoms with E-state index in [1.807, 2.05) is 39.0 Å². The van der Waals surface area contributed by atoms with Gasteiger partial charge in [0.15, 0.2) is 0 Å². The first-order chi connectivity index (χ1) is 12.8. The van der Waals surface area contributed by atoms with Gasteiger partial charge in [0.25, 0.3) is 0 Å². The molecule has 27 heavy (non-hydrogen) atoms. The molecule has 0 radical (unpaired) electrons. The van der Waals surface area contributed by atoms with E-state index in [0.717, 1.165) is 49.8 Å². The molecule has 0 atom stereocenters. The lowest BCUT2D eigenvalue weighted by atomic mass is 9.96. The maximum atomic E-state index is 11.7. The Bertz CT molecular complexity index is 860. The van der Waals surface area contributed by atoms with E-state index in [1.54, 1.807) is 11.0 Å². The number of para-hydroxylation sites is 1. The molecule has 1 amide bonds. The van der Waals surface area contributed by atoms with Gasteiger partial charge >= 0.3 is 11.7 Å². The van der Waals surface area contributed by atoms with Crippen LogP contribution in [0.15, 0.2) is 39.5 Å². The highest BCUT2D eigenvalue weighted by atomic mass is 16.4. The average Bonchev–Trinajstić information content (AvgIpc) is 2.59. The van der Waals surface area contributed by atoms with Gasteiger partial charge < -0.3 is 19.3 Å². The van der Waals surface area contributed by atoms with Crippen LogP contribution in [-0.4, -0.2) is 52.2 Å². The van der Waals surface area contributed by atoms with E-state index in [2.05, 4.69) is 4.90 Å². The third kappa shape index (κ3) is 4.50. The van der Waals surface area contributed by atoms with Gasteiger partial charge in [-0.25, -0.2) is 9.59 Å². The van der Waals surface area contributed by atoms with Crippen LogP contribution >= 0.6 is 0 Å². The van der Waals surface area contributed by atoms with E-state index in [-0.39, 0.29) is 17.2 Å². The molecule has 1 fully saturated rings. The molecule has 2 aromatic rings. The summed E-state index contributed by atoms with van der Waals surface area (Å²) in [6.07, 6.45) is 1.64. The minimum atomic E-state index is -0.841. The first kappa shape index (κ1) is 19.4. The molecule has 6 heteroatoms. The fourth-order valence-corrected chi connectivity index (χ4v) is 4.02. The fourth-order valence-electron chi connectivity index (χ4n) is 4.02. The molecule has 2 heterocycles. The van der Waals surface area contributed by atoms with Crippen molar-refractivity contribution in [2.75, 3.05) is 19.6 Å². The minimum Gasteiger partial charge on any atom is -0.465 e. The predicted molar refractivity (Wildman–Crippen MR) is 105 cm³/mol. The quantitative estimate of drug-likeness (QED) is 0.831. The van der Waals surface area contributed by atoms with Gasteiger partial charge in [-0.15, -0.1) is 0 Å². The summed E-state index contributed by atoms with van der Waals surface area (Å²) in [4.78, 5) is 27.2. The number of fused-ring (bicyclic) bond motifs is 1. The van der Waals surface area contributed by atoms with Crippen molar-refractivity contribution in [1.82, 2.24) is 9.80 Å². The van der Waals surface area contributed by atoms with Crippen LogP contribution in [0.5, 0.6) is 0 Å². The molecular formula is C21H28N2O4. The fraction of sp³-hybridized carbons (Fsp3) is 0.524. The molecule has 146 valence electrons. The highest BCUT2D eigenvalue weighted by molar-refractivity contribution is 5.79. The molecule has 0 saturated carbocycles. The van der Waals surface area contributed by atoms with Crippen LogP contribution < -0.4 is 5.63 Å². The van der Waals surface area contributed by atoms with Crippen LogP contribution in [0.3, 0.4) is 0 Å². The molecular weight excluding hydrogens is 344 g/mol. The highest BCUT2D eigenvalue weighted by Gasteiger charge is 2.35. The zero-order chi connectivity index (χ0) is 19.6. The van der Waals surface area contributed by atoms with Crippen molar-refractivity contribution in [2.45, 2.75) is 51.6 Å². The lowest BCUT2D eigenvalue weighted by Gasteiger charge is -2.43. The number of hydrogen-bond donors (Lipinski definition) is 1. The summed E-state index contributed by atoms with van der Waals surface area (Å²) < 4.78 is 5.40. The Morgan fingerprint density at radius 1 is 1.22 bits per heavy atom. The number of piperidine rings is 1. The summed E-state index contributed by atoms with van der Waals surface area (Å²) in [6, 6.07) is 9.24. The van der Waals surface area contributed by atoms with Gasteiger partial charge in [-0.2, -0.15) is 0 Å². The van der Waals surface area contributed by atoms with Crippen LogP contribution in [0.2, 0.25) is 0 Å². The largest absolute Gasteiger partial charge is 0.465 e. The van der Waals surface area contributed by atoms with Crippen LogP contribution in [0, 0.1) is 0 Å². The molecule has 1 saturated heterocycles. The molecule has 0 bridgehead atoms. The van der Waals surface area contributed by atoms with Crippen molar-refractivity contribution < 1.29 is 14.3 Å². The summed E-state index contributed by atoms with van der Waals surface area (Å²) in [5.74, 6) is 0. The number of carboxylic acid groups (broad SMARTS) is 1. The van der Waals surface area contributed by atoms with Crippen LogP contribution in [0.25, 0.3) is 11.0 Å². The third-order valence-corrected chi connectivity index (χ3v) is 5.28. The highest BCUT2D eigenvalue weighted by Crippen LogP contribution is 2.25. The molecule has 1 N–H and O–H groups in total. The number of rotatable bonds is 4. The molecule has 1 aliphatic rings. The van der Waals surface area contributed by atoms with Crippen molar-refractivity contribution in [3.05, 3.63) is 46.3 Å². The van der Waals surface area contributed by atoms with E-state index in [9.17, 15) is 14.7 Å². The minimum absolute atomic E-state index is 0.0642. The second kappa shape index (κ2) is 7.72. The van der Waals surface area contributed by atoms with Crippen molar-refractivity contribution >= 4 is 17.1 Å². The molecule has 1 aromatic carbocycles. The summed E-state index contributed by atoms with van der Waals surface area (Å²) in [7, 11) is 0. The van der Waals surface area contributed by atoms with E-state index < -0.39 is 6.09 Å². The number of carbonyl (C=O) groups is 1. The zero-order valence-electron chi connectivity index (χ0n) is 16.3. The number of hydrogen-bond acceptors (Lipinski definition) is 4. The molecule has 3 rings (SSSR count). The Kier molecular flexibility index (Phi) is 5.56. The number of benzene rings is 1.